The van der Waals surface area contributed by atoms with E-state index in [1.54, 1.807) is 16.9 Å². The van der Waals surface area contributed by atoms with Gasteiger partial charge in [0.15, 0.2) is 0 Å². The van der Waals surface area contributed by atoms with Crippen LogP contribution in [0.1, 0.15) is 58.1 Å². The summed E-state index contributed by atoms with van der Waals surface area (Å²) in [7, 11) is 3.61. The fraction of sp³-hybridized carbons (Fsp3) is 0.714. The third-order valence-electron chi connectivity index (χ3n) is 4.78. The van der Waals surface area contributed by atoms with Crippen molar-refractivity contribution in [2.24, 2.45) is 7.05 Å². The largest absolute Gasteiger partial charge is 0.383 e. The first-order chi connectivity index (χ1) is 13.0. The summed E-state index contributed by atoms with van der Waals surface area (Å²) in [5.41, 5.74) is 1.06. The van der Waals surface area contributed by atoms with E-state index >= 15 is 0 Å². The van der Waals surface area contributed by atoms with Gasteiger partial charge in [-0.05, 0) is 25.0 Å². The molecule has 0 fully saturated rings. The van der Waals surface area contributed by atoms with Gasteiger partial charge in [-0.3, -0.25) is 9.59 Å². The van der Waals surface area contributed by atoms with Gasteiger partial charge in [0.2, 0.25) is 11.8 Å². The number of aryl methyl sites for hydroxylation is 1. The van der Waals surface area contributed by atoms with Gasteiger partial charge in [0.1, 0.15) is 0 Å². The first kappa shape index (κ1) is 23.2. The van der Waals surface area contributed by atoms with Crippen LogP contribution in [-0.2, 0) is 27.9 Å². The summed E-state index contributed by atoms with van der Waals surface area (Å²) in [6.45, 7) is 6.55. The van der Waals surface area contributed by atoms with Crippen molar-refractivity contribution in [3.8, 4) is 0 Å². The summed E-state index contributed by atoms with van der Waals surface area (Å²) in [6.07, 6.45) is 7.45. The molecule has 0 aliphatic carbocycles. The predicted molar refractivity (Wildman–Crippen MR) is 108 cm³/mol. The van der Waals surface area contributed by atoms with Crippen LogP contribution in [0.25, 0.3) is 0 Å². The van der Waals surface area contributed by atoms with Crippen molar-refractivity contribution < 1.29 is 14.3 Å². The topological polar surface area (TPSA) is 54.8 Å². The van der Waals surface area contributed by atoms with Gasteiger partial charge in [0.05, 0.1) is 19.7 Å². The number of amides is 2. The number of rotatable bonds is 14. The Balaban J connectivity index is 2.76. The lowest BCUT2D eigenvalue weighted by Gasteiger charge is -2.28. The van der Waals surface area contributed by atoms with E-state index < -0.39 is 0 Å². The highest BCUT2D eigenvalue weighted by molar-refractivity contribution is 5.84. The Morgan fingerprint density at radius 3 is 2.37 bits per heavy atom. The molecule has 0 N–H and O–H groups in total. The molecule has 27 heavy (non-hydrogen) atoms. The van der Waals surface area contributed by atoms with Crippen molar-refractivity contribution in [3.63, 3.8) is 0 Å². The van der Waals surface area contributed by atoms with E-state index in [0.717, 1.165) is 37.8 Å². The van der Waals surface area contributed by atoms with E-state index in [9.17, 15) is 9.59 Å². The maximum atomic E-state index is 13.0. The van der Waals surface area contributed by atoms with E-state index in [1.807, 2.05) is 29.9 Å². The summed E-state index contributed by atoms with van der Waals surface area (Å²) in [6, 6.07) is 3.98. The highest BCUT2D eigenvalue weighted by Crippen LogP contribution is 2.09. The zero-order valence-corrected chi connectivity index (χ0v) is 17.6. The highest BCUT2D eigenvalue weighted by Gasteiger charge is 2.21. The summed E-state index contributed by atoms with van der Waals surface area (Å²) in [5, 5.41) is 0. The molecule has 0 spiro atoms. The number of nitrogens with zero attached hydrogens (tertiary/aromatic N) is 3. The molecule has 2 amide bonds. The first-order valence-electron chi connectivity index (χ1n) is 10.2. The number of carbonyl (C=O) groups excluding carboxylic acids is 2. The number of hydrogen-bond donors (Lipinski definition) is 0. The lowest BCUT2D eigenvalue weighted by atomic mass is 10.2. The SMILES string of the molecule is CCCCCC(=O)N(CCCC)CC(=O)N(CCOC)Cc1cccn1C. The lowest BCUT2D eigenvalue weighted by molar-refractivity contribution is -0.141. The molecule has 154 valence electrons. The summed E-state index contributed by atoms with van der Waals surface area (Å²) < 4.78 is 7.19. The van der Waals surface area contributed by atoms with Crippen LogP contribution in [0.15, 0.2) is 18.3 Å². The van der Waals surface area contributed by atoms with E-state index in [1.165, 1.54) is 0 Å². The number of unbranched alkanes of at least 4 members (excludes halogenated alkanes) is 3. The fourth-order valence-corrected chi connectivity index (χ4v) is 2.94. The van der Waals surface area contributed by atoms with E-state index in [0.29, 0.717) is 32.7 Å². The summed E-state index contributed by atoms with van der Waals surface area (Å²) in [4.78, 5) is 29.1. The van der Waals surface area contributed by atoms with Gasteiger partial charge in [0.25, 0.3) is 0 Å². The van der Waals surface area contributed by atoms with Gasteiger partial charge in [-0.2, -0.15) is 0 Å². The minimum Gasteiger partial charge on any atom is -0.383 e. The molecule has 0 radical (unpaired) electrons. The number of hydrogen-bond acceptors (Lipinski definition) is 3. The Labute approximate surface area is 164 Å². The van der Waals surface area contributed by atoms with Crippen molar-refractivity contribution in [2.45, 2.75) is 58.9 Å². The molecule has 6 heteroatoms. The fourth-order valence-electron chi connectivity index (χ4n) is 2.94. The Hall–Kier alpha value is -1.82. The average Bonchev–Trinajstić information content (AvgIpc) is 3.06. The third-order valence-corrected chi connectivity index (χ3v) is 4.78. The maximum absolute atomic E-state index is 13.0. The molecule has 1 rings (SSSR count). The zero-order chi connectivity index (χ0) is 20.1. The number of carbonyl (C=O) groups is 2. The number of methoxy groups -OCH3 is 1. The Bertz CT molecular complexity index is 557. The van der Waals surface area contributed by atoms with Crippen LogP contribution < -0.4 is 0 Å². The molecule has 0 aromatic carbocycles. The van der Waals surface area contributed by atoms with Gasteiger partial charge >= 0.3 is 0 Å². The van der Waals surface area contributed by atoms with Gasteiger partial charge in [-0.25, -0.2) is 0 Å². The first-order valence-corrected chi connectivity index (χ1v) is 10.2. The smallest absolute Gasteiger partial charge is 0.242 e. The van der Waals surface area contributed by atoms with E-state index in [4.69, 9.17) is 4.74 Å². The van der Waals surface area contributed by atoms with Crippen molar-refractivity contribution in [3.05, 3.63) is 24.0 Å². The molecule has 1 aromatic heterocycles. The normalized spacial score (nSPS) is 10.8. The van der Waals surface area contributed by atoms with Crippen molar-refractivity contribution >= 4 is 11.8 Å². The van der Waals surface area contributed by atoms with Crippen molar-refractivity contribution in [2.75, 3.05) is 33.4 Å². The second kappa shape index (κ2) is 13.4. The van der Waals surface area contributed by atoms with E-state index in [-0.39, 0.29) is 18.4 Å². The zero-order valence-electron chi connectivity index (χ0n) is 17.6. The molecule has 0 saturated heterocycles. The van der Waals surface area contributed by atoms with Crippen molar-refractivity contribution in [1.29, 1.82) is 0 Å². The Morgan fingerprint density at radius 2 is 1.78 bits per heavy atom. The molecular weight excluding hydrogens is 342 g/mol. The minimum atomic E-state index is -0.0202. The molecule has 0 atom stereocenters. The molecule has 0 bridgehead atoms. The molecule has 1 aromatic rings. The average molecular weight is 380 g/mol. The van der Waals surface area contributed by atoms with Crippen LogP contribution in [0.3, 0.4) is 0 Å². The monoisotopic (exact) mass is 379 g/mol. The van der Waals surface area contributed by atoms with Gasteiger partial charge in [-0.1, -0.05) is 33.1 Å². The Kier molecular flexibility index (Phi) is 11.5. The van der Waals surface area contributed by atoms with Crippen LogP contribution in [0.2, 0.25) is 0 Å². The standard InChI is InChI=1S/C21H37N3O3/c1-5-7-9-12-20(25)23(14-8-6-2)18-21(26)24(15-16-27-4)17-19-11-10-13-22(19)3/h10-11,13H,5-9,12,14-18H2,1-4H3. The van der Waals surface area contributed by atoms with Gasteiger partial charge in [0, 0.05) is 45.6 Å². The predicted octanol–water partition coefficient (Wildman–Crippen LogP) is 3.21. The molecular formula is C21H37N3O3. The van der Waals surface area contributed by atoms with E-state index in [2.05, 4.69) is 13.8 Å². The van der Waals surface area contributed by atoms with Crippen LogP contribution in [0.4, 0.5) is 0 Å². The highest BCUT2D eigenvalue weighted by atomic mass is 16.5. The van der Waals surface area contributed by atoms with Crippen LogP contribution in [0.5, 0.6) is 0 Å². The molecule has 0 aliphatic rings. The maximum Gasteiger partial charge on any atom is 0.242 e. The third kappa shape index (κ3) is 8.61. The lowest BCUT2D eigenvalue weighted by Crippen LogP contribution is -2.44. The Morgan fingerprint density at radius 1 is 1.04 bits per heavy atom. The summed E-state index contributed by atoms with van der Waals surface area (Å²) >= 11 is 0. The summed E-state index contributed by atoms with van der Waals surface area (Å²) in [5.74, 6) is 0.0732. The van der Waals surface area contributed by atoms with Gasteiger partial charge < -0.3 is 19.1 Å². The van der Waals surface area contributed by atoms with Gasteiger partial charge in [-0.15, -0.1) is 0 Å². The van der Waals surface area contributed by atoms with Crippen LogP contribution >= 0.6 is 0 Å². The van der Waals surface area contributed by atoms with Crippen LogP contribution in [-0.4, -0.2) is 59.5 Å². The molecule has 1 heterocycles. The minimum absolute atomic E-state index is 0.0202. The molecule has 0 saturated carbocycles. The van der Waals surface area contributed by atoms with Crippen molar-refractivity contribution in [1.82, 2.24) is 14.4 Å². The second-order valence-electron chi connectivity index (χ2n) is 7.04. The number of ether oxygens (including phenoxy) is 1. The second-order valence-corrected chi connectivity index (χ2v) is 7.04. The molecule has 6 nitrogen and oxygen atoms in total. The molecule has 0 unspecified atom stereocenters. The molecule has 0 aliphatic heterocycles. The number of aromatic nitrogens is 1. The van der Waals surface area contributed by atoms with Crippen LogP contribution in [0, 0.1) is 0 Å². The quantitative estimate of drug-likeness (QED) is 0.467.